The molecule has 0 aliphatic carbocycles. The van der Waals surface area contributed by atoms with Gasteiger partial charge < -0.3 is 19.8 Å². The van der Waals surface area contributed by atoms with Gasteiger partial charge in [0.05, 0.1) is 23.0 Å². The number of amides is 1. The smallest absolute Gasteiger partial charge is 0.411 e. The SMILES string of the molecule is C[C@@H](c1ccc(-c2ccc(C(C)(C)O)nn2)cc1)N1CC[C@](CC(C)(C)O)(c2ccccc2)OC1=O. The lowest BCUT2D eigenvalue weighted by Gasteiger charge is -2.45. The summed E-state index contributed by atoms with van der Waals surface area (Å²) in [6.45, 7) is 9.33. The van der Waals surface area contributed by atoms with E-state index < -0.39 is 16.8 Å². The molecule has 2 N–H and O–H groups in total. The molecule has 0 bridgehead atoms. The Morgan fingerprint density at radius 3 is 2.17 bits per heavy atom. The van der Waals surface area contributed by atoms with Crippen LogP contribution in [0.2, 0.25) is 0 Å². The number of cyclic esters (lactones) is 1. The van der Waals surface area contributed by atoms with Crippen molar-refractivity contribution in [2.75, 3.05) is 6.54 Å². The molecule has 1 saturated heterocycles. The third kappa shape index (κ3) is 5.58. The zero-order valence-electron chi connectivity index (χ0n) is 21.6. The van der Waals surface area contributed by atoms with Crippen molar-refractivity contribution in [2.24, 2.45) is 0 Å². The molecule has 1 aliphatic heterocycles. The van der Waals surface area contributed by atoms with Crippen LogP contribution in [-0.2, 0) is 15.9 Å². The summed E-state index contributed by atoms with van der Waals surface area (Å²) in [5, 5.41) is 29.1. The van der Waals surface area contributed by atoms with Gasteiger partial charge in [-0.3, -0.25) is 0 Å². The van der Waals surface area contributed by atoms with Crippen LogP contribution in [0.15, 0.2) is 66.7 Å². The summed E-state index contributed by atoms with van der Waals surface area (Å²) in [5.41, 5.74) is 1.09. The maximum Gasteiger partial charge on any atom is 0.411 e. The molecule has 1 amide bonds. The molecule has 36 heavy (non-hydrogen) atoms. The lowest BCUT2D eigenvalue weighted by Crippen LogP contribution is -2.51. The third-order valence-electron chi connectivity index (χ3n) is 6.74. The first-order valence-corrected chi connectivity index (χ1v) is 12.3. The van der Waals surface area contributed by atoms with E-state index in [0.717, 1.165) is 16.7 Å². The number of aliphatic hydroxyl groups is 2. The number of carbonyl (C=O) groups is 1. The Kier molecular flexibility index (Phi) is 6.90. The van der Waals surface area contributed by atoms with Gasteiger partial charge in [-0.1, -0.05) is 54.6 Å². The quantitative estimate of drug-likeness (QED) is 0.466. The molecular weight excluding hydrogens is 454 g/mol. The van der Waals surface area contributed by atoms with Gasteiger partial charge in [-0.25, -0.2) is 4.79 Å². The van der Waals surface area contributed by atoms with E-state index in [0.29, 0.717) is 30.8 Å². The average molecular weight is 490 g/mol. The highest BCUT2D eigenvalue weighted by molar-refractivity contribution is 5.70. The van der Waals surface area contributed by atoms with Crippen LogP contribution in [0.1, 0.15) is 70.3 Å². The van der Waals surface area contributed by atoms with E-state index in [9.17, 15) is 15.0 Å². The molecule has 7 nitrogen and oxygen atoms in total. The molecule has 0 unspecified atom stereocenters. The van der Waals surface area contributed by atoms with Crippen molar-refractivity contribution < 1.29 is 19.7 Å². The van der Waals surface area contributed by atoms with Crippen LogP contribution in [0, 0.1) is 0 Å². The van der Waals surface area contributed by atoms with E-state index >= 15 is 0 Å². The van der Waals surface area contributed by atoms with Gasteiger partial charge in [0.15, 0.2) is 0 Å². The fourth-order valence-electron chi connectivity index (χ4n) is 4.82. The third-order valence-corrected chi connectivity index (χ3v) is 6.74. The Labute approximate surface area is 212 Å². The van der Waals surface area contributed by atoms with Crippen LogP contribution in [0.4, 0.5) is 4.79 Å². The Hall–Kier alpha value is -3.29. The van der Waals surface area contributed by atoms with Gasteiger partial charge in [0, 0.05) is 24.9 Å². The van der Waals surface area contributed by atoms with Gasteiger partial charge in [-0.15, -0.1) is 0 Å². The number of carbonyl (C=O) groups excluding carboxylic acids is 1. The summed E-state index contributed by atoms with van der Waals surface area (Å²) in [5.74, 6) is 0. The van der Waals surface area contributed by atoms with Crippen LogP contribution in [0.5, 0.6) is 0 Å². The fraction of sp³-hybridized carbons (Fsp3) is 0.414. The highest BCUT2D eigenvalue weighted by atomic mass is 16.6. The van der Waals surface area contributed by atoms with Crippen LogP contribution in [0.3, 0.4) is 0 Å². The number of hydrogen-bond donors (Lipinski definition) is 2. The zero-order valence-corrected chi connectivity index (χ0v) is 21.6. The average Bonchev–Trinajstić information content (AvgIpc) is 2.83. The maximum atomic E-state index is 13.3. The Morgan fingerprint density at radius 1 is 0.972 bits per heavy atom. The normalized spacial score (nSPS) is 19.6. The molecule has 190 valence electrons. The summed E-state index contributed by atoms with van der Waals surface area (Å²) in [6, 6.07) is 21.0. The van der Waals surface area contributed by atoms with Crippen LogP contribution in [0.25, 0.3) is 11.3 Å². The monoisotopic (exact) mass is 489 g/mol. The molecule has 7 heteroatoms. The van der Waals surface area contributed by atoms with E-state index in [2.05, 4.69) is 10.2 Å². The van der Waals surface area contributed by atoms with Gasteiger partial charge >= 0.3 is 6.09 Å². The first kappa shape index (κ1) is 25.8. The summed E-state index contributed by atoms with van der Waals surface area (Å²) in [6.07, 6.45) is 0.511. The number of hydrogen-bond acceptors (Lipinski definition) is 6. The Balaban J connectivity index is 1.50. The number of aromatic nitrogens is 2. The van der Waals surface area contributed by atoms with Crippen LogP contribution >= 0.6 is 0 Å². The molecule has 0 radical (unpaired) electrons. The van der Waals surface area contributed by atoms with E-state index in [1.54, 1.807) is 38.7 Å². The number of ether oxygens (including phenoxy) is 1. The van der Waals surface area contributed by atoms with Gasteiger partial charge in [0.25, 0.3) is 0 Å². The van der Waals surface area contributed by atoms with E-state index in [4.69, 9.17) is 4.74 Å². The second-order valence-corrected chi connectivity index (χ2v) is 10.8. The maximum absolute atomic E-state index is 13.3. The molecule has 0 spiro atoms. The topological polar surface area (TPSA) is 95.8 Å². The second kappa shape index (κ2) is 9.64. The number of rotatable bonds is 7. The standard InChI is InChI=1S/C29H35N3O4/c1-20(21-11-13-22(14-12-21)24-15-16-25(31-30-24)28(4,5)35)32-18-17-29(36-26(32)33,19-27(2,3)34)23-9-7-6-8-10-23/h6-16,20,34-35H,17-19H2,1-5H3/t20-,29-/m0/s1. The molecule has 2 heterocycles. The zero-order chi connectivity index (χ0) is 26.1. The van der Waals surface area contributed by atoms with Crippen molar-refractivity contribution >= 4 is 6.09 Å². The predicted octanol–water partition coefficient (Wildman–Crippen LogP) is 5.33. The van der Waals surface area contributed by atoms with E-state index in [1.807, 2.05) is 67.6 Å². The molecule has 2 aromatic carbocycles. The van der Waals surface area contributed by atoms with Crippen molar-refractivity contribution in [1.29, 1.82) is 0 Å². The van der Waals surface area contributed by atoms with Gasteiger partial charge in [0.1, 0.15) is 11.2 Å². The summed E-state index contributed by atoms with van der Waals surface area (Å²) in [4.78, 5) is 15.0. The minimum Gasteiger partial charge on any atom is -0.438 e. The van der Waals surface area contributed by atoms with Crippen molar-refractivity contribution in [3.63, 3.8) is 0 Å². The molecule has 1 aromatic heterocycles. The molecule has 1 aliphatic rings. The largest absolute Gasteiger partial charge is 0.438 e. The first-order chi connectivity index (χ1) is 16.9. The highest BCUT2D eigenvalue weighted by Gasteiger charge is 2.46. The van der Waals surface area contributed by atoms with Crippen LogP contribution < -0.4 is 0 Å². The summed E-state index contributed by atoms with van der Waals surface area (Å²) in [7, 11) is 0. The molecule has 0 saturated carbocycles. The lowest BCUT2D eigenvalue weighted by atomic mass is 9.80. The fourth-order valence-corrected chi connectivity index (χ4v) is 4.82. The minimum atomic E-state index is -1.04. The van der Waals surface area contributed by atoms with Crippen LogP contribution in [-0.4, -0.2) is 43.5 Å². The van der Waals surface area contributed by atoms with Gasteiger partial charge in [0.2, 0.25) is 0 Å². The van der Waals surface area contributed by atoms with Crippen molar-refractivity contribution in [3.05, 3.63) is 83.6 Å². The number of nitrogens with zero attached hydrogens (tertiary/aromatic N) is 3. The molecule has 2 atom stereocenters. The highest BCUT2D eigenvalue weighted by Crippen LogP contribution is 2.42. The lowest BCUT2D eigenvalue weighted by molar-refractivity contribution is -0.101. The first-order valence-electron chi connectivity index (χ1n) is 12.3. The summed E-state index contributed by atoms with van der Waals surface area (Å²) >= 11 is 0. The van der Waals surface area contributed by atoms with Gasteiger partial charge in [-0.2, -0.15) is 10.2 Å². The predicted molar refractivity (Wildman–Crippen MR) is 138 cm³/mol. The summed E-state index contributed by atoms with van der Waals surface area (Å²) < 4.78 is 6.11. The molecule has 1 fully saturated rings. The van der Waals surface area contributed by atoms with E-state index in [-0.39, 0.29) is 12.1 Å². The number of benzene rings is 2. The van der Waals surface area contributed by atoms with Crippen molar-refractivity contribution in [1.82, 2.24) is 15.1 Å². The molecule has 3 aromatic rings. The van der Waals surface area contributed by atoms with Crippen molar-refractivity contribution in [3.8, 4) is 11.3 Å². The molecule has 4 rings (SSSR count). The minimum absolute atomic E-state index is 0.189. The Bertz CT molecular complexity index is 1180. The second-order valence-electron chi connectivity index (χ2n) is 10.8. The van der Waals surface area contributed by atoms with Crippen molar-refractivity contribution in [2.45, 2.75) is 70.3 Å². The molecular formula is C29H35N3O4. The Morgan fingerprint density at radius 2 is 1.64 bits per heavy atom. The van der Waals surface area contributed by atoms with E-state index in [1.165, 1.54) is 0 Å². The van der Waals surface area contributed by atoms with Gasteiger partial charge in [-0.05, 0) is 57.9 Å².